The molecule has 3 rings (SSSR count). The normalized spacial score (nSPS) is 11.4. The Morgan fingerprint density at radius 3 is 2.71 bits per heavy atom. The van der Waals surface area contributed by atoms with E-state index in [9.17, 15) is 4.79 Å². The van der Waals surface area contributed by atoms with Crippen LogP contribution in [-0.2, 0) is 0 Å². The maximum Gasteiger partial charge on any atom is 0.298 e. The lowest BCUT2D eigenvalue weighted by atomic mass is 10.1. The van der Waals surface area contributed by atoms with Crippen LogP contribution in [0.15, 0.2) is 28.9 Å². The van der Waals surface area contributed by atoms with Crippen LogP contribution in [-0.4, -0.2) is 48.1 Å². The number of carbonyl (C=O) groups is 1. The molecule has 0 N–H and O–H groups in total. The molecule has 24 heavy (non-hydrogen) atoms. The highest BCUT2D eigenvalue weighted by atomic mass is 32.1. The number of fused-ring (bicyclic) bond motifs is 1. The van der Waals surface area contributed by atoms with Crippen LogP contribution in [0.25, 0.3) is 10.2 Å². The number of amides is 1. The van der Waals surface area contributed by atoms with E-state index in [4.69, 9.17) is 4.52 Å². The number of carbonyl (C=O) groups excluding carboxylic acids is 1. The lowest BCUT2D eigenvalue weighted by Crippen LogP contribution is -2.36. The first kappa shape index (κ1) is 16.6. The van der Waals surface area contributed by atoms with Crippen molar-refractivity contribution in [2.45, 2.75) is 13.8 Å². The molecule has 0 atom stereocenters. The molecule has 1 amide bonds. The van der Waals surface area contributed by atoms with Gasteiger partial charge in [0, 0.05) is 19.2 Å². The predicted octanol–water partition coefficient (Wildman–Crippen LogP) is 3.11. The number of hydrogen-bond donors (Lipinski definition) is 0. The van der Waals surface area contributed by atoms with Crippen molar-refractivity contribution in [3.63, 3.8) is 0 Å². The summed E-state index contributed by atoms with van der Waals surface area (Å²) in [7, 11) is 3.95. The summed E-state index contributed by atoms with van der Waals surface area (Å²) in [6.07, 6.45) is 1.48. The molecule has 0 bridgehead atoms. The van der Waals surface area contributed by atoms with Gasteiger partial charge in [-0.25, -0.2) is 4.98 Å². The van der Waals surface area contributed by atoms with Gasteiger partial charge in [-0.3, -0.25) is 9.69 Å². The number of anilines is 1. The van der Waals surface area contributed by atoms with Crippen LogP contribution in [0.3, 0.4) is 0 Å². The monoisotopic (exact) mass is 344 g/mol. The number of hydrogen-bond acceptors (Lipinski definition) is 6. The Hall–Kier alpha value is -2.25. The van der Waals surface area contributed by atoms with E-state index < -0.39 is 0 Å². The summed E-state index contributed by atoms with van der Waals surface area (Å²) in [4.78, 5) is 21.2. The van der Waals surface area contributed by atoms with E-state index in [-0.39, 0.29) is 11.7 Å². The number of aryl methyl sites for hydroxylation is 2. The maximum absolute atomic E-state index is 12.8. The van der Waals surface area contributed by atoms with Crippen LogP contribution in [0.2, 0.25) is 0 Å². The van der Waals surface area contributed by atoms with Gasteiger partial charge in [-0.15, -0.1) is 0 Å². The molecule has 3 aromatic rings. The zero-order valence-corrected chi connectivity index (χ0v) is 15.1. The highest BCUT2D eigenvalue weighted by Crippen LogP contribution is 2.32. The maximum atomic E-state index is 12.8. The van der Waals surface area contributed by atoms with E-state index in [1.165, 1.54) is 28.7 Å². The third-order valence-electron chi connectivity index (χ3n) is 3.70. The van der Waals surface area contributed by atoms with Crippen LogP contribution < -0.4 is 4.90 Å². The van der Waals surface area contributed by atoms with Crippen molar-refractivity contribution in [3.8, 4) is 0 Å². The number of nitrogens with zero attached hydrogens (tertiary/aromatic N) is 4. The summed E-state index contributed by atoms with van der Waals surface area (Å²) in [6, 6.07) is 5.76. The van der Waals surface area contributed by atoms with E-state index in [2.05, 4.69) is 30.1 Å². The molecular formula is C17H20N4O2S. The zero-order valence-electron chi connectivity index (χ0n) is 14.2. The fraction of sp³-hybridized carbons (Fsp3) is 0.353. The number of likely N-dealkylation sites (N-methyl/N-ethyl adjacent to an activating group) is 1. The molecule has 126 valence electrons. The van der Waals surface area contributed by atoms with Gasteiger partial charge in [-0.1, -0.05) is 22.6 Å². The predicted molar refractivity (Wildman–Crippen MR) is 95.8 cm³/mol. The van der Waals surface area contributed by atoms with Crippen molar-refractivity contribution in [1.29, 1.82) is 0 Å². The Labute approximate surface area is 144 Å². The van der Waals surface area contributed by atoms with Crippen molar-refractivity contribution >= 4 is 32.6 Å². The average molecular weight is 344 g/mol. The Bertz CT molecular complexity index is 855. The van der Waals surface area contributed by atoms with Gasteiger partial charge in [0.1, 0.15) is 0 Å². The lowest BCUT2D eigenvalue weighted by molar-refractivity contribution is 0.0949. The van der Waals surface area contributed by atoms with E-state index in [0.29, 0.717) is 11.7 Å². The first-order valence-electron chi connectivity index (χ1n) is 7.71. The molecule has 0 saturated heterocycles. The molecule has 7 heteroatoms. The molecule has 1 aromatic carbocycles. The number of benzene rings is 1. The smallest absolute Gasteiger partial charge is 0.298 e. The summed E-state index contributed by atoms with van der Waals surface area (Å²) in [6.45, 7) is 5.38. The van der Waals surface area contributed by atoms with Gasteiger partial charge in [0.15, 0.2) is 5.13 Å². The molecule has 0 spiro atoms. The Morgan fingerprint density at radius 1 is 1.25 bits per heavy atom. The van der Waals surface area contributed by atoms with E-state index >= 15 is 0 Å². The van der Waals surface area contributed by atoms with Crippen LogP contribution in [0.1, 0.15) is 21.7 Å². The molecular weight excluding hydrogens is 324 g/mol. The van der Waals surface area contributed by atoms with Crippen LogP contribution >= 0.6 is 11.3 Å². The second kappa shape index (κ2) is 6.70. The summed E-state index contributed by atoms with van der Waals surface area (Å²) in [5.41, 5.74) is 3.26. The van der Waals surface area contributed by atoms with E-state index in [1.54, 1.807) is 11.0 Å². The molecule has 0 aliphatic heterocycles. The van der Waals surface area contributed by atoms with Gasteiger partial charge in [0.25, 0.3) is 5.91 Å². The molecule has 2 aromatic heterocycles. The third kappa shape index (κ3) is 3.32. The summed E-state index contributed by atoms with van der Waals surface area (Å²) < 4.78 is 6.15. The van der Waals surface area contributed by atoms with Crippen LogP contribution in [0, 0.1) is 13.8 Å². The quantitative estimate of drug-likeness (QED) is 0.712. The largest absolute Gasteiger partial charge is 0.351 e. The average Bonchev–Trinajstić information content (AvgIpc) is 3.16. The number of thiazole rings is 1. The highest BCUT2D eigenvalue weighted by molar-refractivity contribution is 7.22. The molecule has 0 saturated carbocycles. The van der Waals surface area contributed by atoms with Crippen molar-refractivity contribution in [1.82, 2.24) is 15.0 Å². The Balaban J connectivity index is 2.01. The van der Waals surface area contributed by atoms with E-state index in [1.807, 2.05) is 25.1 Å². The minimum absolute atomic E-state index is 0.220. The molecule has 0 aliphatic rings. The van der Waals surface area contributed by atoms with Crippen molar-refractivity contribution in [3.05, 3.63) is 41.3 Å². The topological polar surface area (TPSA) is 62.5 Å². The molecule has 0 unspecified atom stereocenters. The van der Waals surface area contributed by atoms with Crippen LogP contribution in [0.5, 0.6) is 0 Å². The van der Waals surface area contributed by atoms with Gasteiger partial charge < -0.3 is 9.42 Å². The molecule has 0 fully saturated rings. The zero-order chi connectivity index (χ0) is 17.3. The Kier molecular flexibility index (Phi) is 4.64. The number of aromatic nitrogens is 2. The summed E-state index contributed by atoms with van der Waals surface area (Å²) in [5, 5.41) is 4.32. The van der Waals surface area contributed by atoms with Gasteiger partial charge >= 0.3 is 0 Å². The highest BCUT2D eigenvalue weighted by Gasteiger charge is 2.24. The van der Waals surface area contributed by atoms with Crippen molar-refractivity contribution in [2.75, 3.05) is 32.1 Å². The Morgan fingerprint density at radius 2 is 2.04 bits per heavy atom. The summed E-state index contributed by atoms with van der Waals surface area (Å²) in [5.74, 6) is 0.00342. The molecule has 0 aliphatic carbocycles. The van der Waals surface area contributed by atoms with Gasteiger partial charge in [-0.2, -0.15) is 0 Å². The second-order valence-corrected chi connectivity index (χ2v) is 7.04. The SMILES string of the molecule is Cc1cc(C)c2sc(N(CCN(C)C)C(=O)c3ccno3)nc2c1. The fourth-order valence-corrected chi connectivity index (χ4v) is 3.56. The second-order valence-electron chi connectivity index (χ2n) is 6.06. The van der Waals surface area contributed by atoms with Crippen molar-refractivity contribution in [2.24, 2.45) is 0 Å². The third-order valence-corrected chi connectivity index (χ3v) is 4.93. The molecule has 6 nitrogen and oxygen atoms in total. The van der Waals surface area contributed by atoms with Gasteiger partial charge in [0.2, 0.25) is 5.76 Å². The summed E-state index contributed by atoms with van der Waals surface area (Å²) >= 11 is 1.53. The first-order chi connectivity index (χ1) is 11.5. The number of rotatable bonds is 5. The first-order valence-corrected chi connectivity index (χ1v) is 8.52. The minimum Gasteiger partial charge on any atom is -0.351 e. The molecule has 0 radical (unpaired) electrons. The fourth-order valence-electron chi connectivity index (χ4n) is 2.52. The van der Waals surface area contributed by atoms with Crippen molar-refractivity contribution < 1.29 is 9.32 Å². The lowest BCUT2D eigenvalue weighted by Gasteiger charge is -2.20. The van der Waals surface area contributed by atoms with Gasteiger partial charge in [-0.05, 0) is 45.1 Å². The van der Waals surface area contributed by atoms with Gasteiger partial charge in [0.05, 0.1) is 16.4 Å². The molecule has 2 heterocycles. The minimum atomic E-state index is -0.220. The standard InChI is InChI=1S/C17H20N4O2S/c1-11-9-12(2)15-13(10-11)19-17(24-15)21(8-7-20(3)4)16(22)14-5-6-18-23-14/h5-6,9-10H,7-8H2,1-4H3. The van der Waals surface area contributed by atoms with Crippen LogP contribution in [0.4, 0.5) is 5.13 Å². The van der Waals surface area contributed by atoms with E-state index in [0.717, 1.165) is 16.8 Å².